The number of rotatable bonds is 5. The van der Waals surface area contributed by atoms with Crippen molar-refractivity contribution in [3.8, 4) is 0 Å². The molecule has 142 valence electrons. The van der Waals surface area contributed by atoms with E-state index in [1.807, 2.05) is 0 Å². The third-order valence-electron chi connectivity index (χ3n) is 5.34. The van der Waals surface area contributed by atoms with Crippen LogP contribution in [0.2, 0.25) is 0 Å². The lowest BCUT2D eigenvalue weighted by Crippen LogP contribution is -2.55. The lowest BCUT2D eigenvalue weighted by atomic mass is 9.82. The van der Waals surface area contributed by atoms with E-state index in [-0.39, 0.29) is 30.7 Å². The fourth-order valence-electron chi connectivity index (χ4n) is 3.84. The van der Waals surface area contributed by atoms with E-state index in [1.54, 1.807) is 0 Å². The molecule has 1 aromatic rings. The first-order valence-electron chi connectivity index (χ1n) is 9.04. The summed E-state index contributed by atoms with van der Waals surface area (Å²) in [5.74, 6) is 0.0567. The molecule has 3 rings (SSSR count). The fraction of sp³-hybridized carbons (Fsp3) is 0.632. The lowest BCUT2D eigenvalue weighted by molar-refractivity contribution is -0.127. The average molecular weight is 388 g/mol. The van der Waals surface area contributed by atoms with Crippen LogP contribution >= 0.6 is 24.8 Å². The van der Waals surface area contributed by atoms with Crippen molar-refractivity contribution in [2.45, 2.75) is 57.0 Å². The van der Waals surface area contributed by atoms with Gasteiger partial charge < -0.3 is 11.1 Å². The highest BCUT2D eigenvalue weighted by Gasteiger charge is 2.34. The topological polar surface area (TPSA) is 58.4 Å². The summed E-state index contributed by atoms with van der Waals surface area (Å²) in [7, 11) is 0. The number of amides is 1. The average Bonchev–Trinajstić information content (AvgIpc) is 2.59. The van der Waals surface area contributed by atoms with Crippen molar-refractivity contribution < 1.29 is 4.79 Å². The van der Waals surface area contributed by atoms with Gasteiger partial charge in [-0.1, -0.05) is 43.5 Å². The highest BCUT2D eigenvalue weighted by atomic mass is 35.5. The molecule has 0 aromatic heterocycles. The summed E-state index contributed by atoms with van der Waals surface area (Å²) in [6.45, 7) is 3.92. The molecule has 1 heterocycles. The Morgan fingerprint density at radius 3 is 2.52 bits per heavy atom. The minimum Gasteiger partial charge on any atom is -0.354 e. The summed E-state index contributed by atoms with van der Waals surface area (Å²) in [4.78, 5) is 14.8. The third kappa shape index (κ3) is 5.85. The first-order valence-corrected chi connectivity index (χ1v) is 9.04. The largest absolute Gasteiger partial charge is 0.354 e. The van der Waals surface area contributed by atoms with Crippen LogP contribution < -0.4 is 11.1 Å². The molecule has 3 N–H and O–H groups in total. The Morgan fingerprint density at radius 1 is 1.12 bits per heavy atom. The molecule has 0 bridgehead atoms. The van der Waals surface area contributed by atoms with E-state index >= 15 is 0 Å². The van der Waals surface area contributed by atoms with Gasteiger partial charge in [0.2, 0.25) is 5.91 Å². The second-order valence-electron chi connectivity index (χ2n) is 7.12. The smallest absolute Gasteiger partial charge is 0.240 e. The Labute approximate surface area is 163 Å². The van der Waals surface area contributed by atoms with Crippen LogP contribution in [0.1, 0.15) is 49.7 Å². The minimum absolute atomic E-state index is 0. The number of hydrogen-bond acceptors (Lipinski definition) is 3. The molecule has 1 fully saturated rings. The van der Waals surface area contributed by atoms with Gasteiger partial charge in [0.1, 0.15) is 0 Å². The number of carbonyl (C=O) groups is 1. The lowest BCUT2D eigenvalue weighted by Gasteiger charge is -2.32. The van der Waals surface area contributed by atoms with Crippen molar-refractivity contribution in [1.82, 2.24) is 10.2 Å². The Balaban J connectivity index is 0.00000156. The second kappa shape index (κ2) is 10.4. The molecular weight excluding hydrogens is 357 g/mol. The van der Waals surface area contributed by atoms with Gasteiger partial charge in [-0.05, 0) is 36.8 Å². The zero-order valence-corrected chi connectivity index (χ0v) is 16.5. The maximum atomic E-state index is 12.3. The highest BCUT2D eigenvalue weighted by molar-refractivity contribution is 5.86. The Kier molecular flexibility index (Phi) is 9.22. The van der Waals surface area contributed by atoms with Gasteiger partial charge in [-0.15, -0.1) is 24.8 Å². The summed E-state index contributed by atoms with van der Waals surface area (Å²) in [6.07, 6.45) is 7.17. The molecule has 2 aliphatic rings. The van der Waals surface area contributed by atoms with Crippen LogP contribution in [0.15, 0.2) is 24.3 Å². The summed E-state index contributed by atoms with van der Waals surface area (Å²) in [5, 5.41) is 3.06. The van der Waals surface area contributed by atoms with Crippen LogP contribution in [-0.4, -0.2) is 36.0 Å². The van der Waals surface area contributed by atoms with Crippen LogP contribution in [0.4, 0.5) is 0 Å². The fourth-order valence-corrected chi connectivity index (χ4v) is 3.84. The third-order valence-corrected chi connectivity index (χ3v) is 5.34. The highest BCUT2D eigenvalue weighted by Crippen LogP contribution is 2.26. The molecule has 6 heteroatoms. The van der Waals surface area contributed by atoms with Crippen molar-refractivity contribution in [3.05, 3.63) is 35.4 Å². The molecule has 1 aliphatic carbocycles. The Hall–Kier alpha value is -0.810. The van der Waals surface area contributed by atoms with Gasteiger partial charge in [0.05, 0.1) is 5.54 Å². The second-order valence-corrected chi connectivity index (χ2v) is 7.12. The summed E-state index contributed by atoms with van der Waals surface area (Å²) in [5.41, 5.74) is 8.58. The number of benzene rings is 1. The van der Waals surface area contributed by atoms with E-state index in [0.29, 0.717) is 0 Å². The Morgan fingerprint density at radius 2 is 1.80 bits per heavy atom. The predicted molar refractivity (Wildman–Crippen MR) is 108 cm³/mol. The van der Waals surface area contributed by atoms with Crippen molar-refractivity contribution in [2.24, 2.45) is 5.73 Å². The molecular formula is C19H31Cl2N3O. The van der Waals surface area contributed by atoms with E-state index in [4.69, 9.17) is 5.73 Å². The van der Waals surface area contributed by atoms with E-state index in [0.717, 1.165) is 64.7 Å². The molecule has 0 spiro atoms. The van der Waals surface area contributed by atoms with Gasteiger partial charge in [0.15, 0.2) is 0 Å². The van der Waals surface area contributed by atoms with E-state index < -0.39 is 5.54 Å². The number of nitrogens with one attached hydrogen (secondary N) is 1. The van der Waals surface area contributed by atoms with Crippen molar-refractivity contribution >= 4 is 30.7 Å². The zero-order chi connectivity index (χ0) is 16.1. The van der Waals surface area contributed by atoms with Gasteiger partial charge in [0.25, 0.3) is 0 Å². The number of fused-ring (bicyclic) bond motifs is 1. The summed E-state index contributed by atoms with van der Waals surface area (Å²) < 4.78 is 0. The number of hydrogen-bond donors (Lipinski definition) is 2. The van der Waals surface area contributed by atoms with E-state index in [1.165, 1.54) is 17.5 Å². The summed E-state index contributed by atoms with van der Waals surface area (Å²) in [6, 6.07) is 8.70. The van der Waals surface area contributed by atoms with Gasteiger partial charge in [0, 0.05) is 26.2 Å². The normalized spacial score (nSPS) is 19.1. The SMILES string of the molecule is Cl.Cl.NC1(C(=O)NCCCN2CCc3ccccc3C2)CCCCC1. The van der Waals surface area contributed by atoms with Crippen LogP contribution in [0, 0.1) is 0 Å². The molecule has 1 aliphatic heterocycles. The molecule has 0 saturated heterocycles. The van der Waals surface area contributed by atoms with Crippen LogP contribution in [0.3, 0.4) is 0 Å². The molecule has 1 amide bonds. The van der Waals surface area contributed by atoms with Gasteiger partial charge in [-0.2, -0.15) is 0 Å². The van der Waals surface area contributed by atoms with Crippen LogP contribution in [-0.2, 0) is 17.8 Å². The molecule has 0 unspecified atom stereocenters. The quantitative estimate of drug-likeness (QED) is 0.763. The number of halogens is 2. The van der Waals surface area contributed by atoms with Crippen molar-refractivity contribution in [3.63, 3.8) is 0 Å². The first kappa shape index (κ1) is 22.2. The molecule has 25 heavy (non-hydrogen) atoms. The van der Waals surface area contributed by atoms with Gasteiger partial charge in [-0.3, -0.25) is 9.69 Å². The van der Waals surface area contributed by atoms with Crippen molar-refractivity contribution in [1.29, 1.82) is 0 Å². The molecule has 1 saturated carbocycles. The van der Waals surface area contributed by atoms with Crippen LogP contribution in [0.25, 0.3) is 0 Å². The number of nitrogens with two attached hydrogens (primary N) is 1. The molecule has 0 radical (unpaired) electrons. The molecule has 4 nitrogen and oxygen atoms in total. The monoisotopic (exact) mass is 387 g/mol. The van der Waals surface area contributed by atoms with Gasteiger partial charge in [-0.25, -0.2) is 0 Å². The Bertz CT molecular complexity index is 547. The van der Waals surface area contributed by atoms with E-state index in [9.17, 15) is 4.79 Å². The molecule has 0 atom stereocenters. The standard InChI is InChI=1S/C19H29N3O.2ClH/c20-19(10-4-1-5-11-19)18(23)21-12-6-13-22-14-9-16-7-2-3-8-17(16)15-22;;/h2-3,7-8H,1,4-6,9-15,20H2,(H,21,23);2*1H. The van der Waals surface area contributed by atoms with Crippen LogP contribution in [0.5, 0.6) is 0 Å². The first-order chi connectivity index (χ1) is 11.2. The zero-order valence-electron chi connectivity index (χ0n) is 14.8. The maximum Gasteiger partial charge on any atom is 0.240 e. The van der Waals surface area contributed by atoms with E-state index in [2.05, 4.69) is 34.5 Å². The number of nitrogens with zero attached hydrogens (tertiary/aromatic N) is 1. The maximum absolute atomic E-state index is 12.3. The van der Waals surface area contributed by atoms with Crippen molar-refractivity contribution in [2.75, 3.05) is 19.6 Å². The van der Waals surface area contributed by atoms with Gasteiger partial charge >= 0.3 is 0 Å². The predicted octanol–water partition coefficient (Wildman–Crippen LogP) is 3.06. The summed E-state index contributed by atoms with van der Waals surface area (Å²) >= 11 is 0. The minimum atomic E-state index is -0.609. The number of carbonyl (C=O) groups excluding carboxylic acids is 1. The molecule has 1 aromatic carbocycles.